The average molecular weight is 561 g/mol. The predicted molar refractivity (Wildman–Crippen MR) is 147 cm³/mol. The number of sulfonamides is 1. The van der Waals surface area contributed by atoms with Gasteiger partial charge in [-0.05, 0) is 61.1 Å². The lowest BCUT2D eigenvalue weighted by Gasteiger charge is -2.32. The first-order valence-corrected chi connectivity index (χ1v) is 15.3. The first-order valence-electron chi connectivity index (χ1n) is 13.7. The molecule has 2 aromatic carbocycles. The Morgan fingerprint density at radius 1 is 1.03 bits per heavy atom. The van der Waals surface area contributed by atoms with Crippen LogP contribution in [0.25, 0.3) is 0 Å². The number of amides is 1. The minimum Gasteiger partial charge on any atom is -0.463 e. The molecule has 2 N–H and O–H groups in total. The monoisotopic (exact) mass is 560 g/mol. The van der Waals surface area contributed by atoms with E-state index in [2.05, 4.69) is 0 Å². The van der Waals surface area contributed by atoms with Gasteiger partial charge in [0.05, 0.1) is 18.0 Å². The van der Waals surface area contributed by atoms with E-state index in [4.69, 9.17) is 24.1 Å². The second kappa shape index (κ2) is 13.1. The normalized spacial score (nSPS) is 18.5. The maximum atomic E-state index is 12.4. The molecule has 9 nitrogen and oxygen atoms in total. The summed E-state index contributed by atoms with van der Waals surface area (Å²) in [4.78, 5) is 14.3. The molecule has 2 aliphatic rings. The number of primary sulfonamides is 1. The lowest BCUT2D eigenvalue weighted by atomic mass is 10.0. The third kappa shape index (κ3) is 8.66. The Morgan fingerprint density at radius 3 is 2.62 bits per heavy atom. The van der Waals surface area contributed by atoms with Gasteiger partial charge in [-0.2, -0.15) is 0 Å². The molecule has 39 heavy (non-hydrogen) atoms. The van der Waals surface area contributed by atoms with Crippen molar-refractivity contribution in [3.8, 4) is 5.75 Å². The smallest absolute Gasteiger partial charge is 0.410 e. The Labute approximate surface area is 231 Å². The van der Waals surface area contributed by atoms with Crippen LogP contribution in [-0.2, 0) is 37.3 Å². The SMILES string of the molecule is CC1(C)OCc2cc([C@@H]3CN(CCCCCCCOCCCc4cccc(S(N)(=O)=O)c4)C(=O)O3)ccc2O1. The Morgan fingerprint density at radius 2 is 1.79 bits per heavy atom. The molecule has 4 rings (SSSR count). The number of benzene rings is 2. The summed E-state index contributed by atoms with van der Waals surface area (Å²) in [5.41, 5.74) is 2.88. The van der Waals surface area contributed by atoms with E-state index < -0.39 is 15.8 Å². The lowest BCUT2D eigenvalue weighted by Crippen LogP contribution is -2.35. The van der Waals surface area contributed by atoms with Crippen molar-refractivity contribution in [3.63, 3.8) is 0 Å². The van der Waals surface area contributed by atoms with E-state index in [1.165, 1.54) is 6.07 Å². The van der Waals surface area contributed by atoms with Gasteiger partial charge in [0.2, 0.25) is 15.8 Å². The number of aryl methyl sites for hydroxylation is 1. The van der Waals surface area contributed by atoms with Gasteiger partial charge in [0, 0.05) is 39.2 Å². The van der Waals surface area contributed by atoms with Gasteiger partial charge in [-0.15, -0.1) is 0 Å². The largest absolute Gasteiger partial charge is 0.463 e. The Bertz CT molecular complexity index is 1230. The molecule has 0 aromatic heterocycles. The Balaban J connectivity index is 1.04. The Kier molecular flexibility index (Phi) is 9.87. The summed E-state index contributed by atoms with van der Waals surface area (Å²) >= 11 is 0. The van der Waals surface area contributed by atoms with Gasteiger partial charge in [-0.25, -0.2) is 18.4 Å². The van der Waals surface area contributed by atoms with Crippen LogP contribution in [0, 0.1) is 0 Å². The van der Waals surface area contributed by atoms with Crippen LogP contribution in [0.15, 0.2) is 47.4 Å². The predicted octanol–water partition coefficient (Wildman–Crippen LogP) is 5.07. The topological polar surface area (TPSA) is 117 Å². The molecule has 0 aliphatic carbocycles. The van der Waals surface area contributed by atoms with Gasteiger partial charge < -0.3 is 23.8 Å². The molecule has 2 aromatic rings. The van der Waals surface area contributed by atoms with E-state index >= 15 is 0 Å². The van der Waals surface area contributed by atoms with Crippen LogP contribution >= 0.6 is 0 Å². The molecular weight excluding hydrogens is 520 g/mol. The molecule has 10 heteroatoms. The maximum absolute atomic E-state index is 12.4. The molecule has 1 saturated heterocycles. The maximum Gasteiger partial charge on any atom is 0.410 e. The van der Waals surface area contributed by atoms with Crippen LogP contribution in [0.2, 0.25) is 0 Å². The molecule has 214 valence electrons. The number of nitrogens with zero attached hydrogens (tertiary/aromatic N) is 1. The summed E-state index contributed by atoms with van der Waals surface area (Å²) in [5.74, 6) is 0.183. The van der Waals surface area contributed by atoms with Crippen molar-refractivity contribution in [2.24, 2.45) is 5.14 Å². The van der Waals surface area contributed by atoms with E-state index in [9.17, 15) is 13.2 Å². The number of fused-ring (bicyclic) bond motifs is 1. The molecule has 2 heterocycles. The molecule has 2 aliphatic heterocycles. The second-order valence-electron chi connectivity index (χ2n) is 10.7. The van der Waals surface area contributed by atoms with Gasteiger partial charge >= 0.3 is 6.09 Å². The number of hydrogen-bond donors (Lipinski definition) is 1. The first-order chi connectivity index (χ1) is 18.6. The number of ether oxygens (including phenoxy) is 4. The van der Waals surface area contributed by atoms with E-state index in [0.29, 0.717) is 32.9 Å². The molecule has 1 fully saturated rings. The third-order valence-electron chi connectivity index (χ3n) is 6.97. The van der Waals surface area contributed by atoms with Gasteiger partial charge in [-0.3, -0.25) is 0 Å². The zero-order valence-electron chi connectivity index (χ0n) is 22.9. The lowest BCUT2D eigenvalue weighted by molar-refractivity contribution is -0.180. The molecule has 0 saturated carbocycles. The van der Waals surface area contributed by atoms with Crippen molar-refractivity contribution < 1.29 is 32.2 Å². The number of unbranched alkanes of at least 4 members (excludes halogenated alkanes) is 4. The number of cyclic esters (lactones) is 1. The summed E-state index contributed by atoms with van der Waals surface area (Å²) < 4.78 is 45.9. The molecule has 1 amide bonds. The van der Waals surface area contributed by atoms with Crippen molar-refractivity contribution in [1.82, 2.24) is 4.90 Å². The van der Waals surface area contributed by atoms with E-state index in [1.54, 1.807) is 17.0 Å². The van der Waals surface area contributed by atoms with Gasteiger partial charge in [0.25, 0.3) is 0 Å². The highest BCUT2D eigenvalue weighted by molar-refractivity contribution is 7.89. The number of nitrogens with two attached hydrogens (primary N) is 1. The molecule has 0 spiro atoms. The highest BCUT2D eigenvalue weighted by Gasteiger charge is 2.33. The van der Waals surface area contributed by atoms with Crippen molar-refractivity contribution in [2.45, 2.75) is 82.2 Å². The molecule has 0 radical (unpaired) electrons. The summed E-state index contributed by atoms with van der Waals surface area (Å²) in [6.45, 7) is 6.87. The van der Waals surface area contributed by atoms with Crippen LogP contribution < -0.4 is 9.88 Å². The molecule has 0 bridgehead atoms. The number of rotatable bonds is 14. The van der Waals surface area contributed by atoms with Crippen LogP contribution in [0.1, 0.15) is 75.2 Å². The second-order valence-corrected chi connectivity index (χ2v) is 12.2. The zero-order valence-corrected chi connectivity index (χ0v) is 23.7. The summed E-state index contributed by atoms with van der Waals surface area (Å²) in [7, 11) is -3.67. The van der Waals surface area contributed by atoms with Gasteiger partial charge in [0.15, 0.2) is 0 Å². The molecular formula is C29H40N2O7S. The zero-order chi connectivity index (χ0) is 27.9. The van der Waals surface area contributed by atoms with Crippen LogP contribution in [0.3, 0.4) is 0 Å². The van der Waals surface area contributed by atoms with Crippen molar-refractivity contribution in [1.29, 1.82) is 0 Å². The van der Waals surface area contributed by atoms with Gasteiger partial charge in [-0.1, -0.05) is 37.5 Å². The summed E-state index contributed by atoms with van der Waals surface area (Å²) in [6.07, 6.45) is 6.22. The molecule has 0 unspecified atom stereocenters. The summed E-state index contributed by atoms with van der Waals surface area (Å²) in [6, 6.07) is 12.7. The summed E-state index contributed by atoms with van der Waals surface area (Å²) in [5, 5.41) is 5.19. The Hall–Kier alpha value is -2.66. The first kappa shape index (κ1) is 29.3. The third-order valence-corrected chi connectivity index (χ3v) is 7.88. The van der Waals surface area contributed by atoms with E-state index in [-0.39, 0.29) is 17.1 Å². The number of hydrogen-bond acceptors (Lipinski definition) is 7. The van der Waals surface area contributed by atoms with Gasteiger partial charge in [0.1, 0.15) is 11.9 Å². The fourth-order valence-corrected chi connectivity index (χ4v) is 5.40. The highest BCUT2D eigenvalue weighted by atomic mass is 32.2. The van der Waals surface area contributed by atoms with Crippen LogP contribution in [0.4, 0.5) is 4.79 Å². The fraction of sp³-hybridized carbons (Fsp3) is 0.552. The van der Waals surface area contributed by atoms with Crippen LogP contribution in [0.5, 0.6) is 5.75 Å². The molecule has 1 atom stereocenters. The van der Waals surface area contributed by atoms with E-state index in [1.807, 2.05) is 38.1 Å². The average Bonchev–Trinajstić information content (AvgIpc) is 3.26. The van der Waals surface area contributed by atoms with Crippen LogP contribution in [-0.4, -0.2) is 51.5 Å². The van der Waals surface area contributed by atoms with E-state index in [0.717, 1.165) is 67.4 Å². The van der Waals surface area contributed by atoms with Crippen molar-refractivity contribution in [2.75, 3.05) is 26.3 Å². The minimum atomic E-state index is -3.67. The fourth-order valence-electron chi connectivity index (χ4n) is 4.82. The minimum absolute atomic E-state index is 0.145. The van der Waals surface area contributed by atoms with Crippen molar-refractivity contribution >= 4 is 16.1 Å². The number of carbonyl (C=O) groups is 1. The number of carbonyl (C=O) groups excluding carboxylic acids is 1. The quantitative estimate of drug-likeness (QED) is 0.321. The standard InChI is InChI=1S/C29H40N2O7S/c1-29(2)36-21-24-19-23(13-14-26(24)38-29)27-20-31(28(32)37-27)15-6-4-3-5-7-16-35-17-9-11-22-10-8-12-25(18-22)39(30,33)34/h8,10,12-14,18-19,27H,3-7,9,11,15-17,20-21H2,1-2H3,(H2,30,33,34)/t27-/m0/s1. The highest BCUT2D eigenvalue weighted by Crippen LogP contribution is 2.35. The van der Waals surface area contributed by atoms with Crippen molar-refractivity contribution in [3.05, 3.63) is 59.2 Å².